The maximum absolute atomic E-state index is 15.4. The third-order valence-electron chi connectivity index (χ3n) is 10.7. The van der Waals surface area contributed by atoms with E-state index in [1.165, 1.54) is 56.2 Å². The number of nitrogens with zero attached hydrogens (tertiary/aromatic N) is 1. The zero-order chi connectivity index (χ0) is 49.1. The van der Waals surface area contributed by atoms with Crippen LogP contribution in [0.1, 0.15) is 56.7 Å². The minimum Gasteiger partial charge on any atom is -0.207 e. The third-order valence-corrected chi connectivity index (χ3v) is 10.7. The summed E-state index contributed by atoms with van der Waals surface area (Å²) in [5, 5.41) is 0. The van der Waals surface area contributed by atoms with Gasteiger partial charge in [-0.2, -0.15) is 4.57 Å². The van der Waals surface area contributed by atoms with Gasteiger partial charge in [0, 0.05) is 24.1 Å². The number of halogens is 20. The van der Waals surface area contributed by atoms with Crippen molar-refractivity contribution in [3.05, 3.63) is 182 Å². The molecule has 6 rings (SSSR count). The van der Waals surface area contributed by atoms with Gasteiger partial charge >= 0.3 is 0 Å². The SMILES string of the molecule is CCCCCCCCc1cccc[n+]1Cc1ccccc1.Fc1c(F)c(F)c([B-](c2c(F)c(F)c(F)c(F)c2F)(c2c(F)c(F)c(F)c(F)c2F)c2c(F)c(F)c(F)c(F)c2F)c(F)c1F. The van der Waals surface area contributed by atoms with Crippen molar-refractivity contribution >= 4 is 28.0 Å². The summed E-state index contributed by atoms with van der Waals surface area (Å²) in [6.45, 7) is 3.25. The first-order valence-corrected chi connectivity index (χ1v) is 19.3. The first kappa shape index (κ1) is 50.9. The molecule has 1 heterocycles. The second-order valence-corrected chi connectivity index (χ2v) is 14.6. The monoisotopic (exact) mass is 961 g/mol. The molecule has 352 valence electrons. The molecular formula is C44H28BF20N. The summed E-state index contributed by atoms with van der Waals surface area (Å²) < 4.78 is 296. The predicted octanol–water partition coefficient (Wildman–Crippen LogP) is 10.8. The van der Waals surface area contributed by atoms with Gasteiger partial charge in [0.2, 0.25) is 0 Å². The van der Waals surface area contributed by atoms with Crippen LogP contribution in [0.4, 0.5) is 87.8 Å². The fourth-order valence-electron chi connectivity index (χ4n) is 7.63. The number of benzene rings is 5. The van der Waals surface area contributed by atoms with Gasteiger partial charge < -0.3 is 0 Å². The fraction of sp³-hybridized carbons (Fsp3) is 0.205. The Morgan fingerprint density at radius 2 is 0.621 bits per heavy atom. The molecule has 0 saturated carbocycles. The molecule has 1 aromatic heterocycles. The zero-order valence-corrected chi connectivity index (χ0v) is 33.4. The summed E-state index contributed by atoms with van der Waals surface area (Å²) in [5.74, 6) is -71.4. The topological polar surface area (TPSA) is 3.88 Å². The lowest BCUT2D eigenvalue weighted by atomic mass is 9.12. The molecule has 5 aromatic carbocycles. The fourth-order valence-corrected chi connectivity index (χ4v) is 7.63. The summed E-state index contributed by atoms with van der Waals surface area (Å²) in [4.78, 5) is 0. The number of rotatable bonds is 13. The van der Waals surface area contributed by atoms with Crippen LogP contribution in [0.5, 0.6) is 0 Å². The van der Waals surface area contributed by atoms with Crippen LogP contribution in [0.15, 0.2) is 54.7 Å². The molecule has 0 aliphatic heterocycles. The van der Waals surface area contributed by atoms with Gasteiger partial charge in [0.15, 0.2) is 88.2 Å². The van der Waals surface area contributed by atoms with Gasteiger partial charge in [-0.05, 0) is 6.42 Å². The quantitative estimate of drug-likeness (QED) is 0.0271. The molecule has 0 radical (unpaired) electrons. The molecule has 0 unspecified atom stereocenters. The first-order valence-electron chi connectivity index (χ1n) is 19.3. The number of hydrogen-bond acceptors (Lipinski definition) is 0. The zero-order valence-electron chi connectivity index (χ0n) is 33.4. The lowest BCUT2D eigenvalue weighted by molar-refractivity contribution is -0.695. The molecular weight excluding hydrogens is 933 g/mol. The van der Waals surface area contributed by atoms with E-state index in [1.54, 1.807) is 0 Å². The average Bonchev–Trinajstić information content (AvgIpc) is 3.31. The molecule has 0 spiro atoms. The molecule has 0 amide bonds. The van der Waals surface area contributed by atoms with Crippen molar-refractivity contribution in [1.29, 1.82) is 0 Å². The van der Waals surface area contributed by atoms with E-state index in [-0.39, 0.29) is 0 Å². The predicted molar refractivity (Wildman–Crippen MR) is 198 cm³/mol. The van der Waals surface area contributed by atoms with Crippen LogP contribution >= 0.6 is 0 Å². The minimum atomic E-state index is -7.22. The van der Waals surface area contributed by atoms with E-state index in [9.17, 15) is 52.7 Å². The largest absolute Gasteiger partial charge is 0.207 e. The Kier molecular flexibility index (Phi) is 15.9. The lowest BCUT2D eigenvalue weighted by Crippen LogP contribution is -2.81. The van der Waals surface area contributed by atoms with Crippen molar-refractivity contribution in [3.8, 4) is 0 Å². The van der Waals surface area contributed by atoms with Gasteiger partial charge in [-0.3, -0.25) is 0 Å². The van der Waals surface area contributed by atoms with Crippen LogP contribution in [-0.4, -0.2) is 6.15 Å². The Balaban J connectivity index is 0.000000324. The van der Waals surface area contributed by atoms with Crippen LogP contribution < -0.4 is 26.4 Å². The van der Waals surface area contributed by atoms with E-state index in [4.69, 9.17) is 0 Å². The summed E-state index contributed by atoms with van der Waals surface area (Å²) in [7, 11) is 0. The average molecular weight is 961 g/mol. The Hall–Kier alpha value is -6.09. The third kappa shape index (κ3) is 8.93. The van der Waals surface area contributed by atoms with E-state index in [0.29, 0.717) is 0 Å². The van der Waals surface area contributed by atoms with Gasteiger partial charge in [0.05, 0.1) is 0 Å². The molecule has 0 N–H and O–H groups in total. The molecule has 0 saturated heterocycles. The summed E-state index contributed by atoms with van der Waals surface area (Å²) in [6.07, 6.45) is 4.36. The van der Waals surface area contributed by atoms with Crippen molar-refractivity contribution in [2.24, 2.45) is 0 Å². The number of hydrogen-bond donors (Lipinski definition) is 0. The lowest BCUT2D eigenvalue weighted by Gasteiger charge is -2.44. The van der Waals surface area contributed by atoms with Gasteiger partial charge in [-0.15, -0.1) is 21.9 Å². The molecule has 0 aliphatic carbocycles. The summed E-state index contributed by atoms with van der Waals surface area (Å²) in [6, 6.07) is 17.3. The molecule has 0 fully saturated rings. The number of unbranched alkanes of at least 4 members (excludes halogenated alkanes) is 5. The Bertz CT molecular complexity index is 2400. The second-order valence-electron chi connectivity index (χ2n) is 14.6. The van der Waals surface area contributed by atoms with Crippen molar-refractivity contribution in [3.63, 3.8) is 0 Å². The maximum Gasteiger partial charge on any atom is 0.200 e. The standard InChI is InChI=1S/C24BF20.C20H28N/c26-5-1(6(27)14(35)21(42)13(5)34)25(2-7(28)15(36)22(43)16(37)8(2)29,3-9(30)17(38)23(44)18(39)10(3)31)4-11(32)19(40)24(45)20(41)12(4)33;1-2-3-4-5-6-10-15-20-16-11-12-17-21(20)18-19-13-8-7-9-14-19/h;7-9,11-14,16-17H,2-6,10,15,18H2,1H3/q-1;+1. The van der Waals surface area contributed by atoms with Crippen LogP contribution in [0, 0.1) is 116 Å². The van der Waals surface area contributed by atoms with Gasteiger partial charge in [-0.1, -0.05) is 75.4 Å². The molecule has 1 nitrogen and oxygen atoms in total. The molecule has 0 atom stereocenters. The van der Waals surface area contributed by atoms with E-state index in [2.05, 4.69) is 66.2 Å². The highest BCUT2D eigenvalue weighted by Crippen LogP contribution is 2.31. The molecule has 22 heteroatoms. The number of aryl methyl sites for hydroxylation is 1. The van der Waals surface area contributed by atoms with Gasteiger partial charge in [0.25, 0.3) is 0 Å². The van der Waals surface area contributed by atoms with Crippen molar-refractivity contribution in [2.45, 2.75) is 58.4 Å². The summed E-state index contributed by atoms with van der Waals surface area (Å²) >= 11 is 0. The van der Waals surface area contributed by atoms with E-state index < -0.39 is 144 Å². The van der Waals surface area contributed by atoms with E-state index in [0.717, 1.165) is 6.54 Å². The van der Waals surface area contributed by atoms with E-state index >= 15 is 35.1 Å². The second kappa shape index (κ2) is 20.6. The van der Waals surface area contributed by atoms with Crippen LogP contribution in [0.3, 0.4) is 0 Å². The number of aromatic nitrogens is 1. The molecule has 66 heavy (non-hydrogen) atoms. The van der Waals surface area contributed by atoms with Crippen LogP contribution in [0.25, 0.3) is 0 Å². The van der Waals surface area contributed by atoms with Gasteiger partial charge in [-0.25, -0.2) is 87.8 Å². The highest BCUT2D eigenvalue weighted by Gasteiger charge is 2.52. The molecule has 6 aromatic rings. The highest BCUT2D eigenvalue weighted by molar-refractivity contribution is 7.20. The Labute approximate surface area is 360 Å². The Morgan fingerprint density at radius 1 is 0.333 bits per heavy atom. The summed E-state index contributed by atoms with van der Waals surface area (Å²) in [5.41, 5.74) is -11.5. The van der Waals surface area contributed by atoms with Crippen molar-refractivity contribution < 1.29 is 92.4 Å². The highest BCUT2D eigenvalue weighted by atomic mass is 19.2. The first-order chi connectivity index (χ1) is 31.1. The van der Waals surface area contributed by atoms with E-state index in [1.807, 2.05) is 0 Å². The van der Waals surface area contributed by atoms with Crippen molar-refractivity contribution in [2.75, 3.05) is 0 Å². The normalized spacial score (nSPS) is 11.6. The maximum atomic E-state index is 15.4. The molecule has 0 aliphatic rings. The van der Waals surface area contributed by atoms with Crippen LogP contribution in [0.2, 0.25) is 0 Å². The van der Waals surface area contributed by atoms with Gasteiger partial charge in [0.1, 0.15) is 52.7 Å². The Morgan fingerprint density at radius 3 is 0.955 bits per heavy atom. The number of pyridine rings is 1. The van der Waals surface area contributed by atoms with Crippen molar-refractivity contribution in [1.82, 2.24) is 0 Å². The minimum absolute atomic E-state index is 0.979. The molecule has 0 bridgehead atoms. The smallest absolute Gasteiger partial charge is 0.200 e. The van der Waals surface area contributed by atoms with Crippen LogP contribution in [-0.2, 0) is 13.0 Å².